The number of nitrogens with two attached hydrogens (primary N) is 1. The van der Waals surface area contributed by atoms with Gasteiger partial charge in [-0.2, -0.15) is 0 Å². The number of nitrogens with one attached hydrogen (secondary N) is 1. The number of methoxy groups -OCH3 is 1. The van der Waals surface area contributed by atoms with E-state index in [-0.39, 0.29) is 29.5 Å². The lowest BCUT2D eigenvalue weighted by Gasteiger charge is -2.21. The third kappa shape index (κ3) is 3.70. The number of amides is 1. The first-order valence-corrected chi connectivity index (χ1v) is 5.87. The minimum atomic E-state index is -0.615. The molecule has 0 fully saturated rings. The summed E-state index contributed by atoms with van der Waals surface area (Å²) in [5.41, 5.74) is 5.52. The molecule has 1 heterocycles. The zero-order valence-corrected chi connectivity index (χ0v) is 11.9. The molecule has 0 saturated carbocycles. The number of nitrogens with zero attached hydrogens (tertiary/aromatic N) is 2. The Morgan fingerprint density at radius 3 is 2.47 bits per heavy atom. The highest BCUT2D eigenvalue weighted by molar-refractivity contribution is 5.92. The Labute approximate surface area is 112 Å². The van der Waals surface area contributed by atoms with E-state index in [1.807, 2.05) is 20.8 Å². The maximum atomic E-state index is 11.8. The number of hydrogen-bond donors (Lipinski definition) is 2. The minimum absolute atomic E-state index is 0.0128. The second-order valence-corrected chi connectivity index (χ2v) is 5.27. The van der Waals surface area contributed by atoms with E-state index < -0.39 is 5.97 Å². The number of aromatic nitrogens is 2. The molecule has 3 N–H and O–H groups in total. The van der Waals surface area contributed by atoms with Crippen molar-refractivity contribution in [1.29, 1.82) is 0 Å². The first-order chi connectivity index (χ1) is 8.65. The van der Waals surface area contributed by atoms with Gasteiger partial charge in [-0.3, -0.25) is 4.79 Å². The average Bonchev–Trinajstić information content (AvgIpc) is 2.53. The maximum Gasteiger partial charge on any atom is 0.360 e. The smallest absolute Gasteiger partial charge is 0.360 e. The molecule has 0 spiro atoms. The Morgan fingerprint density at radius 1 is 1.42 bits per heavy atom. The van der Waals surface area contributed by atoms with Crippen LogP contribution in [0.25, 0.3) is 0 Å². The van der Waals surface area contributed by atoms with Gasteiger partial charge >= 0.3 is 5.97 Å². The van der Waals surface area contributed by atoms with E-state index in [0.29, 0.717) is 5.82 Å². The van der Waals surface area contributed by atoms with Crippen LogP contribution >= 0.6 is 0 Å². The van der Waals surface area contributed by atoms with Crippen LogP contribution < -0.4 is 11.1 Å². The summed E-state index contributed by atoms with van der Waals surface area (Å²) in [6, 6.07) is 0. The van der Waals surface area contributed by atoms with Gasteiger partial charge in [-0.1, -0.05) is 0 Å². The number of carbonyl (C=O) groups is 2. The fourth-order valence-electron chi connectivity index (χ4n) is 1.63. The van der Waals surface area contributed by atoms with Crippen LogP contribution in [0.1, 0.15) is 37.1 Å². The molecule has 1 aromatic rings. The first-order valence-electron chi connectivity index (χ1n) is 5.87. The molecule has 0 radical (unpaired) electrons. The fraction of sp³-hybridized carbons (Fsp3) is 0.583. The van der Waals surface area contributed by atoms with E-state index in [1.54, 1.807) is 6.92 Å². The number of aryl methyl sites for hydroxylation is 1. The molecule has 0 aliphatic carbocycles. The Balaban J connectivity index is 2.94. The van der Waals surface area contributed by atoms with Gasteiger partial charge in [-0.15, -0.1) is 0 Å². The predicted molar refractivity (Wildman–Crippen MR) is 70.6 cm³/mol. The Bertz CT molecular complexity index is 500. The van der Waals surface area contributed by atoms with Crippen LogP contribution in [-0.4, -0.2) is 34.1 Å². The highest BCUT2D eigenvalue weighted by Crippen LogP contribution is 2.15. The molecule has 19 heavy (non-hydrogen) atoms. The monoisotopic (exact) mass is 268 g/mol. The van der Waals surface area contributed by atoms with Gasteiger partial charge in [0.1, 0.15) is 18.2 Å². The molecule has 7 nitrogen and oxygen atoms in total. The standard InChI is InChI=1S/C12H20N4O3/c1-7-14-9(11(18)19-5)10(13)16(7)6-8(17)15-12(2,3)4/h6,13H2,1-5H3,(H,15,17). The van der Waals surface area contributed by atoms with Gasteiger partial charge in [-0.05, 0) is 27.7 Å². The summed E-state index contributed by atoms with van der Waals surface area (Å²) >= 11 is 0. The van der Waals surface area contributed by atoms with E-state index in [4.69, 9.17) is 5.73 Å². The highest BCUT2D eigenvalue weighted by Gasteiger charge is 2.21. The number of carbonyl (C=O) groups excluding carboxylic acids is 2. The Morgan fingerprint density at radius 2 is 2.00 bits per heavy atom. The van der Waals surface area contributed by atoms with E-state index in [9.17, 15) is 9.59 Å². The van der Waals surface area contributed by atoms with E-state index in [2.05, 4.69) is 15.0 Å². The molecule has 1 amide bonds. The van der Waals surface area contributed by atoms with Gasteiger partial charge in [-0.25, -0.2) is 9.78 Å². The first kappa shape index (κ1) is 15.0. The lowest BCUT2D eigenvalue weighted by molar-refractivity contribution is -0.123. The molecule has 1 rings (SSSR count). The zero-order valence-electron chi connectivity index (χ0n) is 11.9. The average molecular weight is 268 g/mol. The number of esters is 1. The maximum absolute atomic E-state index is 11.8. The number of rotatable bonds is 3. The largest absolute Gasteiger partial charge is 0.464 e. The van der Waals surface area contributed by atoms with Gasteiger partial charge < -0.3 is 20.4 Å². The second kappa shape index (κ2) is 5.29. The van der Waals surface area contributed by atoms with Crippen molar-refractivity contribution in [2.75, 3.05) is 12.8 Å². The van der Waals surface area contributed by atoms with E-state index in [0.717, 1.165) is 0 Å². The number of hydrogen-bond acceptors (Lipinski definition) is 5. The van der Waals surface area contributed by atoms with Crippen LogP contribution in [0.4, 0.5) is 5.82 Å². The number of nitrogen functional groups attached to an aromatic ring is 1. The minimum Gasteiger partial charge on any atom is -0.464 e. The molecule has 0 saturated heterocycles. The topological polar surface area (TPSA) is 99.2 Å². The summed E-state index contributed by atoms with van der Waals surface area (Å²) in [6.07, 6.45) is 0. The van der Waals surface area contributed by atoms with Crippen LogP contribution in [0.15, 0.2) is 0 Å². The van der Waals surface area contributed by atoms with Crippen LogP contribution in [0.3, 0.4) is 0 Å². The molecule has 0 aromatic carbocycles. The molecule has 0 bridgehead atoms. The molecular weight excluding hydrogens is 248 g/mol. The fourth-order valence-corrected chi connectivity index (χ4v) is 1.63. The third-order valence-electron chi connectivity index (χ3n) is 2.39. The molecule has 7 heteroatoms. The van der Waals surface area contributed by atoms with Gasteiger partial charge in [0.2, 0.25) is 5.91 Å². The van der Waals surface area contributed by atoms with Crippen molar-refractivity contribution in [2.45, 2.75) is 39.8 Å². The summed E-state index contributed by atoms with van der Waals surface area (Å²) < 4.78 is 6.06. The zero-order chi connectivity index (χ0) is 14.8. The van der Waals surface area contributed by atoms with Gasteiger partial charge in [0.15, 0.2) is 5.69 Å². The van der Waals surface area contributed by atoms with Crippen LogP contribution in [0.2, 0.25) is 0 Å². The van der Waals surface area contributed by atoms with Crippen molar-refractivity contribution < 1.29 is 14.3 Å². The molecule has 106 valence electrons. The van der Waals surface area contributed by atoms with E-state index in [1.165, 1.54) is 11.7 Å². The predicted octanol–water partition coefficient (Wildman–Crippen LogP) is 0.475. The summed E-state index contributed by atoms with van der Waals surface area (Å²) in [6.45, 7) is 7.34. The number of anilines is 1. The molecule has 0 aliphatic rings. The SMILES string of the molecule is COC(=O)c1nc(C)n(CC(=O)NC(C)(C)C)c1N. The van der Waals surface area contributed by atoms with Crippen LogP contribution in [0.5, 0.6) is 0 Å². The summed E-state index contributed by atoms with van der Waals surface area (Å²) in [7, 11) is 1.25. The molecule has 0 atom stereocenters. The van der Waals surface area contributed by atoms with Crippen molar-refractivity contribution >= 4 is 17.7 Å². The third-order valence-corrected chi connectivity index (χ3v) is 2.39. The van der Waals surface area contributed by atoms with Gasteiger partial charge in [0.05, 0.1) is 7.11 Å². The van der Waals surface area contributed by atoms with Crippen LogP contribution in [-0.2, 0) is 16.1 Å². The number of imidazole rings is 1. The molecule has 0 aliphatic heterocycles. The van der Waals surface area contributed by atoms with Gasteiger partial charge in [0.25, 0.3) is 0 Å². The molecule has 0 unspecified atom stereocenters. The quantitative estimate of drug-likeness (QED) is 0.776. The summed E-state index contributed by atoms with van der Waals surface area (Å²) in [5.74, 6) is -0.193. The molecule has 1 aromatic heterocycles. The van der Waals surface area contributed by atoms with Crippen molar-refractivity contribution in [1.82, 2.24) is 14.9 Å². The van der Waals surface area contributed by atoms with Crippen molar-refractivity contribution in [3.63, 3.8) is 0 Å². The van der Waals surface area contributed by atoms with E-state index >= 15 is 0 Å². The van der Waals surface area contributed by atoms with Crippen molar-refractivity contribution in [3.8, 4) is 0 Å². The van der Waals surface area contributed by atoms with Crippen molar-refractivity contribution in [2.24, 2.45) is 0 Å². The van der Waals surface area contributed by atoms with Crippen LogP contribution in [0, 0.1) is 6.92 Å². The number of ether oxygens (including phenoxy) is 1. The Kier molecular flexibility index (Phi) is 4.18. The lowest BCUT2D eigenvalue weighted by Crippen LogP contribution is -2.42. The normalized spacial score (nSPS) is 11.2. The van der Waals surface area contributed by atoms with Crippen molar-refractivity contribution in [3.05, 3.63) is 11.5 Å². The highest BCUT2D eigenvalue weighted by atomic mass is 16.5. The van der Waals surface area contributed by atoms with Gasteiger partial charge in [0, 0.05) is 5.54 Å². The Hall–Kier alpha value is -2.05. The lowest BCUT2D eigenvalue weighted by atomic mass is 10.1. The molecular formula is C12H20N4O3. The second-order valence-electron chi connectivity index (χ2n) is 5.27. The summed E-state index contributed by atoms with van der Waals surface area (Å²) in [5, 5.41) is 2.82. The summed E-state index contributed by atoms with van der Waals surface area (Å²) in [4.78, 5) is 27.3.